The molecule has 0 spiro atoms. The number of ether oxygens (including phenoxy) is 1. The molecule has 140 valence electrons. The fourth-order valence-corrected chi connectivity index (χ4v) is 5.51. The number of nitrogens with zero attached hydrogens (tertiary/aromatic N) is 1. The van der Waals surface area contributed by atoms with Gasteiger partial charge in [-0.05, 0) is 56.6 Å². The molecule has 2 aliphatic heterocycles. The molecule has 2 unspecified atom stereocenters. The molecule has 2 saturated heterocycles. The minimum absolute atomic E-state index is 0.270. The Balaban J connectivity index is 1.53. The summed E-state index contributed by atoms with van der Waals surface area (Å²) in [6.07, 6.45) is 10.5. The molecule has 5 nitrogen and oxygen atoms in total. The molecule has 6 heteroatoms. The zero-order valence-electron chi connectivity index (χ0n) is 15.3. The van der Waals surface area contributed by atoms with Crippen LogP contribution >= 0.6 is 11.3 Å². The van der Waals surface area contributed by atoms with E-state index in [0.717, 1.165) is 44.3 Å². The zero-order valence-corrected chi connectivity index (χ0v) is 16.1. The Labute approximate surface area is 158 Å². The summed E-state index contributed by atoms with van der Waals surface area (Å²) in [5.41, 5.74) is 2.25. The highest BCUT2D eigenvalue weighted by Gasteiger charge is 2.36. The van der Waals surface area contributed by atoms with Gasteiger partial charge in [0.25, 0.3) is 0 Å². The Kier molecular flexibility index (Phi) is 5.02. The molecule has 1 amide bonds. The Morgan fingerprint density at radius 1 is 1.31 bits per heavy atom. The van der Waals surface area contributed by atoms with E-state index in [0.29, 0.717) is 29.3 Å². The average molecular weight is 375 g/mol. The first-order valence-corrected chi connectivity index (χ1v) is 10.4. The maximum absolute atomic E-state index is 12.3. The number of hydrogen-bond acceptors (Lipinski definition) is 5. The summed E-state index contributed by atoms with van der Waals surface area (Å²) in [5, 5.41) is 3.60. The summed E-state index contributed by atoms with van der Waals surface area (Å²) in [6.45, 7) is 0.816. The second-order valence-electron chi connectivity index (χ2n) is 7.47. The van der Waals surface area contributed by atoms with E-state index in [2.05, 4.69) is 17.5 Å². The molecule has 3 heterocycles. The summed E-state index contributed by atoms with van der Waals surface area (Å²) in [4.78, 5) is 28.0. The number of methoxy groups -OCH3 is 1. The molecular formula is C20H26N2O3S. The molecule has 0 bridgehead atoms. The fourth-order valence-electron chi connectivity index (χ4n) is 4.40. The summed E-state index contributed by atoms with van der Waals surface area (Å²) in [6, 6.07) is 2.78. The molecule has 1 N–H and O–H groups in total. The van der Waals surface area contributed by atoms with Crippen molar-refractivity contribution in [3.05, 3.63) is 21.9 Å². The van der Waals surface area contributed by atoms with Gasteiger partial charge in [0.05, 0.1) is 12.8 Å². The number of fused-ring (bicyclic) bond motifs is 1. The van der Waals surface area contributed by atoms with Crippen molar-refractivity contribution < 1.29 is 14.3 Å². The maximum atomic E-state index is 12.3. The lowest BCUT2D eigenvalue weighted by Crippen LogP contribution is -2.44. The number of nitrogens with one attached hydrogen (secondary N) is 1. The molecule has 3 aliphatic rings. The highest BCUT2D eigenvalue weighted by molar-refractivity contribution is 7.15. The van der Waals surface area contributed by atoms with E-state index < -0.39 is 0 Å². The van der Waals surface area contributed by atoms with Crippen LogP contribution in [0.4, 0.5) is 5.69 Å². The van der Waals surface area contributed by atoms with Crippen molar-refractivity contribution >= 4 is 34.5 Å². The topological polar surface area (TPSA) is 58.6 Å². The van der Waals surface area contributed by atoms with Gasteiger partial charge < -0.3 is 15.0 Å². The van der Waals surface area contributed by atoms with Crippen molar-refractivity contribution in [2.75, 3.05) is 19.0 Å². The van der Waals surface area contributed by atoms with Gasteiger partial charge in [-0.2, -0.15) is 0 Å². The van der Waals surface area contributed by atoms with Crippen LogP contribution in [0.1, 0.15) is 65.9 Å². The Bertz CT molecular complexity index is 739. The van der Waals surface area contributed by atoms with Gasteiger partial charge in [-0.1, -0.05) is 6.08 Å². The molecule has 4 rings (SSSR count). The third-order valence-corrected chi connectivity index (χ3v) is 6.99. The smallest absolute Gasteiger partial charge is 0.350 e. The van der Waals surface area contributed by atoms with E-state index in [4.69, 9.17) is 4.74 Å². The number of esters is 1. The monoisotopic (exact) mass is 374 g/mol. The van der Waals surface area contributed by atoms with E-state index in [1.807, 2.05) is 4.90 Å². The number of carbonyl (C=O) groups excluding carboxylic acids is 2. The van der Waals surface area contributed by atoms with Gasteiger partial charge in [-0.3, -0.25) is 4.79 Å². The van der Waals surface area contributed by atoms with Gasteiger partial charge >= 0.3 is 5.97 Å². The molecular weight excluding hydrogens is 348 g/mol. The number of thiophene rings is 1. The highest BCUT2D eigenvalue weighted by atomic mass is 32.1. The van der Waals surface area contributed by atoms with Gasteiger partial charge in [0.1, 0.15) is 4.88 Å². The fraction of sp³-hybridized carbons (Fsp3) is 0.600. The normalized spacial score (nSPS) is 25.7. The summed E-state index contributed by atoms with van der Waals surface area (Å²) < 4.78 is 5.01. The standard InChI is InChI=1S/C20H26N2O3S/c1-25-20(24)19-16(12-17(26-19)13-5-3-2-4-6-13)21-14-9-10-22-15(11-14)7-8-18(22)23/h5,12,14-15,21H,2-4,6-11H2,1H3. The number of carbonyl (C=O) groups is 2. The first kappa shape index (κ1) is 17.6. The van der Waals surface area contributed by atoms with E-state index in [9.17, 15) is 9.59 Å². The van der Waals surface area contributed by atoms with Crippen LogP contribution in [0.2, 0.25) is 0 Å². The zero-order chi connectivity index (χ0) is 18.1. The van der Waals surface area contributed by atoms with Crippen LogP contribution in [-0.4, -0.2) is 42.5 Å². The number of hydrogen-bond donors (Lipinski definition) is 1. The van der Waals surface area contributed by atoms with Crippen molar-refractivity contribution in [3.63, 3.8) is 0 Å². The van der Waals surface area contributed by atoms with E-state index >= 15 is 0 Å². The number of anilines is 1. The van der Waals surface area contributed by atoms with Crippen LogP contribution < -0.4 is 5.32 Å². The van der Waals surface area contributed by atoms with Gasteiger partial charge in [0.15, 0.2) is 0 Å². The Morgan fingerprint density at radius 2 is 2.19 bits per heavy atom. The second kappa shape index (κ2) is 7.43. The molecule has 1 aromatic rings. The summed E-state index contributed by atoms with van der Waals surface area (Å²) in [5.74, 6) is 0.0272. The summed E-state index contributed by atoms with van der Waals surface area (Å²) >= 11 is 1.54. The third kappa shape index (κ3) is 3.39. The number of rotatable bonds is 4. The van der Waals surface area contributed by atoms with Crippen molar-refractivity contribution in [2.45, 2.75) is 63.5 Å². The number of amides is 1. The molecule has 2 atom stereocenters. The van der Waals surface area contributed by atoms with E-state index in [1.165, 1.54) is 41.7 Å². The van der Waals surface area contributed by atoms with Crippen molar-refractivity contribution in [1.82, 2.24) is 4.90 Å². The molecule has 0 aromatic carbocycles. The van der Waals surface area contributed by atoms with E-state index in [-0.39, 0.29) is 5.97 Å². The minimum atomic E-state index is -0.270. The lowest BCUT2D eigenvalue weighted by atomic mass is 9.97. The molecule has 2 fully saturated rings. The number of allylic oxidation sites excluding steroid dienone is 2. The van der Waals surface area contributed by atoms with Gasteiger partial charge in [-0.25, -0.2) is 4.79 Å². The molecule has 1 aliphatic carbocycles. The molecule has 0 saturated carbocycles. The molecule has 26 heavy (non-hydrogen) atoms. The van der Waals surface area contributed by atoms with Crippen molar-refractivity contribution in [2.24, 2.45) is 0 Å². The third-order valence-electron chi connectivity index (χ3n) is 5.80. The van der Waals surface area contributed by atoms with Crippen molar-refractivity contribution in [1.29, 1.82) is 0 Å². The van der Waals surface area contributed by atoms with Gasteiger partial charge in [0.2, 0.25) is 5.91 Å². The Hall–Kier alpha value is -1.82. The largest absolute Gasteiger partial charge is 0.465 e. The SMILES string of the molecule is COC(=O)c1sc(C2=CCCCC2)cc1NC1CCN2C(=O)CCC2C1. The van der Waals surface area contributed by atoms with Crippen LogP contribution in [0.3, 0.4) is 0 Å². The predicted molar refractivity (Wildman–Crippen MR) is 103 cm³/mol. The van der Waals surface area contributed by atoms with E-state index in [1.54, 1.807) is 0 Å². The number of piperidine rings is 1. The Morgan fingerprint density at radius 3 is 2.96 bits per heavy atom. The highest BCUT2D eigenvalue weighted by Crippen LogP contribution is 2.38. The van der Waals surface area contributed by atoms with Crippen LogP contribution in [0.5, 0.6) is 0 Å². The second-order valence-corrected chi connectivity index (χ2v) is 8.52. The van der Waals surface area contributed by atoms with Crippen molar-refractivity contribution in [3.8, 4) is 0 Å². The lowest BCUT2D eigenvalue weighted by Gasteiger charge is -2.35. The average Bonchev–Trinajstić information content (AvgIpc) is 3.26. The maximum Gasteiger partial charge on any atom is 0.350 e. The van der Waals surface area contributed by atoms with Crippen LogP contribution in [-0.2, 0) is 9.53 Å². The van der Waals surface area contributed by atoms with Crippen LogP contribution in [0.15, 0.2) is 12.1 Å². The predicted octanol–water partition coefficient (Wildman–Crippen LogP) is 4.06. The van der Waals surface area contributed by atoms with Gasteiger partial charge in [0, 0.05) is 29.9 Å². The van der Waals surface area contributed by atoms with Crippen LogP contribution in [0, 0.1) is 0 Å². The van der Waals surface area contributed by atoms with Crippen LogP contribution in [0.25, 0.3) is 5.57 Å². The molecule has 0 radical (unpaired) electrons. The first-order chi connectivity index (χ1) is 12.7. The minimum Gasteiger partial charge on any atom is -0.465 e. The van der Waals surface area contributed by atoms with Gasteiger partial charge in [-0.15, -0.1) is 11.3 Å². The lowest BCUT2D eigenvalue weighted by molar-refractivity contribution is -0.129. The first-order valence-electron chi connectivity index (χ1n) is 9.63. The summed E-state index contributed by atoms with van der Waals surface area (Å²) in [7, 11) is 1.44. The molecule has 1 aromatic heterocycles. The quantitative estimate of drug-likeness (QED) is 0.808.